The fourth-order valence-corrected chi connectivity index (χ4v) is 2.80. The van der Waals surface area contributed by atoms with E-state index < -0.39 is 0 Å². The zero-order valence-electron chi connectivity index (χ0n) is 11.5. The van der Waals surface area contributed by atoms with Gasteiger partial charge in [-0.05, 0) is 41.5 Å². The van der Waals surface area contributed by atoms with Crippen molar-refractivity contribution in [2.75, 3.05) is 11.0 Å². The largest absolute Gasteiger partial charge is 0.493 e. The molecule has 0 N–H and O–H groups in total. The van der Waals surface area contributed by atoms with E-state index in [4.69, 9.17) is 9.15 Å². The van der Waals surface area contributed by atoms with E-state index in [1.165, 1.54) is 0 Å². The first-order valence-corrected chi connectivity index (χ1v) is 8.46. The molecule has 0 spiro atoms. The molecular formula is C17H15IO3. The van der Waals surface area contributed by atoms with E-state index in [2.05, 4.69) is 22.6 Å². The van der Waals surface area contributed by atoms with E-state index in [9.17, 15) is 4.79 Å². The summed E-state index contributed by atoms with van der Waals surface area (Å²) in [5.74, 6) is 0.745. The van der Waals surface area contributed by atoms with Crippen molar-refractivity contribution in [2.24, 2.45) is 0 Å². The molecule has 0 atom stereocenters. The van der Waals surface area contributed by atoms with Crippen LogP contribution in [0.1, 0.15) is 12.8 Å². The van der Waals surface area contributed by atoms with E-state index in [0.717, 1.165) is 23.0 Å². The molecular weight excluding hydrogens is 379 g/mol. The van der Waals surface area contributed by atoms with Gasteiger partial charge in [0.05, 0.1) is 17.4 Å². The lowest BCUT2D eigenvalue weighted by Gasteiger charge is -2.07. The first kappa shape index (κ1) is 14.4. The highest BCUT2D eigenvalue weighted by molar-refractivity contribution is 14.1. The number of benzene rings is 2. The molecule has 0 aliphatic heterocycles. The number of fused-ring (bicyclic) bond motifs is 2. The van der Waals surface area contributed by atoms with Gasteiger partial charge in [-0.1, -0.05) is 34.7 Å². The predicted molar refractivity (Wildman–Crippen MR) is 93.6 cm³/mol. The molecule has 0 saturated carbocycles. The van der Waals surface area contributed by atoms with E-state index in [0.29, 0.717) is 28.5 Å². The van der Waals surface area contributed by atoms with Crippen molar-refractivity contribution in [3.63, 3.8) is 0 Å². The van der Waals surface area contributed by atoms with Crippen LogP contribution >= 0.6 is 22.6 Å². The number of para-hydroxylation sites is 1. The van der Waals surface area contributed by atoms with Crippen molar-refractivity contribution in [1.29, 1.82) is 0 Å². The molecule has 4 heteroatoms. The van der Waals surface area contributed by atoms with Crippen LogP contribution in [0.2, 0.25) is 0 Å². The minimum atomic E-state index is 0.00307. The quantitative estimate of drug-likeness (QED) is 0.276. The SMILES string of the molecule is O=c1c2ccccc2oc2cc(OCCCCI)ccc12. The maximum absolute atomic E-state index is 12.4. The first-order chi connectivity index (χ1) is 10.3. The van der Waals surface area contributed by atoms with Crippen molar-refractivity contribution in [3.05, 3.63) is 52.7 Å². The number of unbranched alkanes of at least 4 members (excludes halogenated alkanes) is 1. The van der Waals surface area contributed by atoms with Crippen molar-refractivity contribution < 1.29 is 9.15 Å². The Kier molecular flexibility index (Phi) is 4.43. The summed E-state index contributed by atoms with van der Waals surface area (Å²) in [6, 6.07) is 12.7. The summed E-state index contributed by atoms with van der Waals surface area (Å²) in [5, 5.41) is 1.20. The lowest BCUT2D eigenvalue weighted by Crippen LogP contribution is -2.02. The zero-order valence-corrected chi connectivity index (χ0v) is 13.6. The Hall–Kier alpha value is -1.56. The molecule has 2 aromatic carbocycles. The third kappa shape index (κ3) is 3.05. The molecule has 0 bridgehead atoms. The van der Waals surface area contributed by atoms with Gasteiger partial charge in [-0.25, -0.2) is 0 Å². The number of alkyl halides is 1. The van der Waals surface area contributed by atoms with Crippen LogP contribution in [0, 0.1) is 0 Å². The van der Waals surface area contributed by atoms with Gasteiger partial charge in [0.15, 0.2) is 0 Å². The lowest BCUT2D eigenvalue weighted by atomic mass is 10.1. The van der Waals surface area contributed by atoms with Gasteiger partial charge in [0, 0.05) is 6.07 Å². The third-order valence-corrected chi connectivity index (χ3v) is 4.11. The van der Waals surface area contributed by atoms with Gasteiger partial charge in [-0.3, -0.25) is 4.79 Å². The van der Waals surface area contributed by atoms with Crippen LogP contribution < -0.4 is 10.2 Å². The Balaban J connectivity index is 1.97. The van der Waals surface area contributed by atoms with Crippen LogP contribution in [0.15, 0.2) is 51.7 Å². The number of rotatable bonds is 5. The average molecular weight is 394 g/mol. The lowest BCUT2D eigenvalue weighted by molar-refractivity contribution is 0.310. The second-order valence-corrected chi connectivity index (χ2v) is 5.91. The molecule has 3 rings (SSSR count). The monoisotopic (exact) mass is 394 g/mol. The third-order valence-electron chi connectivity index (χ3n) is 3.35. The fourth-order valence-electron chi connectivity index (χ4n) is 2.26. The number of halogens is 1. The maximum atomic E-state index is 12.4. The molecule has 0 amide bonds. The molecule has 0 saturated heterocycles. The fraction of sp³-hybridized carbons (Fsp3) is 0.235. The molecule has 1 heterocycles. The van der Waals surface area contributed by atoms with Crippen molar-refractivity contribution in [2.45, 2.75) is 12.8 Å². The Morgan fingerprint density at radius 3 is 2.67 bits per heavy atom. The van der Waals surface area contributed by atoms with Crippen LogP contribution in [-0.4, -0.2) is 11.0 Å². The standard InChI is InChI=1S/C17H15IO3/c18-9-3-4-10-20-12-7-8-14-16(11-12)21-15-6-2-1-5-13(15)17(14)19/h1-2,5-8,11H,3-4,9-10H2. The highest BCUT2D eigenvalue weighted by Gasteiger charge is 2.08. The first-order valence-electron chi connectivity index (χ1n) is 6.94. The van der Waals surface area contributed by atoms with Gasteiger partial charge in [-0.2, -0.15) is 0 Å². The molecule has 3 nitrogen and oxygen atoms in total. The zero-order chi connectivity index (χ0) is 14.7. The van der Waals surface area contributed by atoms with Crippen molar-refractivity contribution in [3.8, 4) is 5.75 Å². The molecule has 0 aliphatic carbocycles. The van der Waals surface area contributed by atoms with Crippen LogP contribution in [0.25, 0.3) is 21.9 Å². The maximum Gasteiger partial charge on any atom is 0.200 e. The van der Waals surface area contributed by atoms with E-state index >= 15 is 0 Å². The van der Waals surface area contributed by atoms with Gasteiger partial charge in [0.2, 0.25) is 5.43 Å². The topological polar surface area (TPSA) is 39.4 Å². The van der Waals surface area contributed by atoms with Crippen LogP contribution in [0.3, 0.4) is 0 Å². The van der Waals surface area contributed by atoms with Gasteiger partial charge in [-0.15, -0.1) is 0 Å². The summed E-state index contributed by atoms with van der Waals surface area (Å²) in [4.78, 5) is 12.4. The molecule has 1 aromatic heterocycles. The van der Waals surface area contributed by atoms with Gasteiger partial charge in [0.1, 0.15) is 16.9 Å². The normalized spacial score (nSPS) is 11.1. The molecule has 3 aromatic rings. The molecule has 21 heavy (non-hydrogen) atoms. The summed E-state index contributed by atoms with van der Waals surface area (Å²) in [6.07, 6.45) is 2.18. The molecule has 0 unspecified atom stereocenters. The average Bonchev–Trinajstić information content (AvgIpc) is 2.52. The minimum Gasteiger partial charge on any atom is -0.493 e. The summed E-state index contributed by atoms with van der Waals surface area (Å²) in [7, 11) is 0. The number of hydrogen-bond acceptors (Lipinski definition) is 3. The highest BCUT2D eigenvalue weighted by atomic mass is 127. The summed E-state index contributed by atoms with van der Waals surface area (Å²) in [6.45, 7) is 0.687. The Morgan fingerprint density at radius 2 is 1.81 bits per heavy atom. The van der Waals surface area contributed by atoms with E-state index in [1.807, 2.05) is 24.3 Å². The predicted octanol–water partition coefficient (Wildman–Crippen LogP) is 4.54. The van der Waals surface area contributed by atoms with Crippen LogP contribution in [0.5, 0.6) is 5.75 Å². The summed E-state index contributed by atoms with van der Waals surface area (Å²) < 4.78 is 12.7. The second kappa shape index (κ2) is 6.47. The van der Waals surface area contributed by atoms with Crippen molar-refractivity contribution in [1.82, 2.24) is 0 Å². The Morgan fingerprint density at radius 1 is 1.00 bits per heavy atom. The Labute approximate surface area is 136 Å². The van der Waals surface area contributed by atoms with Crippen LogP contribution in [-0.2, 0) is 0 Å². The second-order valence-electron chi connectivity index (χ2n) is 4.83. The van der Waals surface area contributed by atoms with Gasteiger partial charge < -0.3 is 9.15 Å². The van der Waals surface area contributed by atoms with Crippen molar-refractivity contribution >= 4 is 44.5 Å². The molecule has 0 fully saturated rings. The Bertz CT molecular complexity index is 823. The smallest absolute Gasteiger partial charge is 0.200 e. The van der Waals surface area contributed by atoms with Gasteiger partial charge in [0.25, 0.3) is 0 Å². The summed E-state index contributed by atoms with van der Waals surface area (Å²) in [5.41, 5.74) is 1.19. The highest BCUT2D eigenvalue weighted by Crippen LogP contribution is 2.23. The van der Waals surface area contributed by atoms with E-state index in [-0.39, 0.29) is 5.43 Å². The number of ether oxygens (including phenoxy) is 1. The number of hydrogen-bond donors (Lipinski definition) is 0. The molecule has 0 aliphatic rings. The molecule has 108 valence electrons. The molecule has 0 radical (unpaired) electrons. The summed E-state index contributed by atoms with van der Waals surface area (Å²) >= 11 is 2.36. The van der Waals surface area contributed by atoms with Gasteiger partial charge >= 0.3 is 0 Å². The van der Waals surface area contributed by atoms with Crippen LogP contribution in [0.4, 0.5) is 0 Å². The minimum absolute atomic E-state index is 0.00307. The van der Waals surface area contributed by atoms with E-state index in [1.54, 1.807) is 18.2 Å².